The first-order chi connectivity index (χ1) is 8.99. The molecular formula is C13H11FN2O3. The minimum absolute atomic E-state index is 0.0331. The Morgan fingerprint density at radius 1 is 1.37 bits per heavy atom. The van der Waals surface area contributed by atoms with E-state index in [0.29, 0.717) is 5.56 Å². The zero-order chi connectivity index (χ0) is 14.0. The van der Waals surface area contributed by atoms with E-state index in [4.69, 9.17) is 0 Å². The lowest BCUT2D eigenvalue weighted by molar-refractivity contribution is -0.385. The molecule has 0 N–H and O–H groups in total. The monoisotopic (exact) mass is 262 g/mol. The van der Waals surface area contributed by atoms with Crippen LogP contribution in [0.15, 0.2) is 41.3 Å². The summed E-state index contributed by atoms with van der Waals surface area (Å²) in [6.45, 7) is 1.62. The highest BCUT2D eigenvalue weighted by atomic mass is 19.1. The molecule has 0 radical (unpaired) electrons. The van der Waals surface area contributed by atoms with Gasteiger partial charge in [-0.1, -0.05) is 6.07 Å². The summed E-state index contributed by atoms with van der Waals surface area (Å²) < 4.78 is 14.5. The molecule has 0 spiro atoms. The van der Waals surface area contributed by atoms with Crippen LogP contribution >= 0.6 is 0 Å². The second kappa shape index (κ2) is 5.01. The third-order valence-electron chi connectivity index (χ3n) is 2.79. The van der Waals surface area contributed by atoms with Crippen LogP contribution in [-0.2, 0) is 6.54 Å². The molecular weight excluding hydrogens is 251 g/mol. The Hall–Kier alpha value is -2.50. The molecule has 0 saturated heterocycles. The summed E-state index contributed by atoms with van der Waals surface area (Å²) in [5, 5.41) is 10.9. The number of hydrogen-bond acceptors (Lipinski definition) is 3. The molecule has 0 aliphatic heterocycles. The number of rotatable bonds is 3. The second-order valence-corrected chi connectivity index (χ2v) is 4.15. The van der Waals surface area contributed by atoms with Crippen LogP contribution in [0.1, 0.15) is 11.1 Å². The van der Waals surface area contributed by atoms with E-state index in [9.17, 15) is 19.3 Å². The molecule has 0 atom stereocenters. The minimum atomic E-state index is -0.588. The summed E-state index contributed by atoms with van der Waals surface area (Å²) in [4.78, 5) is 22.1. The highest BCUT2D eigenvalue weighted by Crippen LogP contribution is 2.20. The summed E-state index contributed by atoms with van der Waals surface area (Å²) in [5.74, 6) is -0.568. The van der Waals surface area contributed by atoms with Gasteiger partial charge in [-0.05, 0) is 25.1 Å². The number of halogens is 1. The lowest BCUT2D eigenvalue weighted by atomic mass is 10.1. The number of aromatic nitrogens is 1. The van der Waals surface area contributed by atoms with Gasteiger partial charge in [-0.3, -0.25) is 14.9 Å². The van der Waals surface area contributed by atoms with Crippen molar-refractivity contribution in [3.63, 3.8) is 0 Å². The maximum atomic E-state index is 13.2. The first-order valence-electron chi connectivity index (χ1n) is 5.58. The van der Waals surface area contributed by atoms with Crippen LogP contribution in [0.5, 0.6) is 0 Å². The van der Waals surface area contributed by atoms with E-state index in [1.807, 2.05) is 0 Å². The fourth-order valence-corrected chi connectivity index (χ4v) is 1.82. The van der Waals surface area contributed by atoms with E-state index in [0.717, 1.165) is 18.2 Å². The van der Waals surface area contributed by atoms with Crippen molar-refractivity contribution >= 4 is 5.69 Å². The van der Waals surface area contributed by atoms with Crippen LogP contribution in [0.25, 0.3) is 0 Å². The Morgan fingerprint density at radius 2 is 2.11 bits per heavy atom. The number of benzene rings is 1. The van der Waals surface area contributed by atoms with Crippen molar-refractivity contribution in [3.05, 3.63) is 73.9 Å². The fraction of sp³-hybridized carbons (Fsp3) is 0.154. The fourth-order valence-electron chi connectivity index (χ4n) is 1.82. The number of aryl methyl sites for hydroxylation is 1. The number of hydrogen-bond donors (Lipinski definition) is 0. The molecule has 0 fully saturated rings. The minimum Gasteiger partial charge on any atom is -0.311 e. The highest BCUT2D eigenvalue weighted by molar-refractivity contribution is 5.40. The summed E-state index contributed by atoms with van der Waals surface area (Å²) >= 11 is 0. The number of nitro groups is 1. The van der Waals surface area contributed by atoms with Gasteiger partial charge in [0.1, 0.15) is 5.82 Å². The smallest absolute Gasteiger partial charge is 0.274 e. The summed E-state index contributed by atoms with van der Waals surface area (Å²) in [6, 6.07) is 6.53. The van der Waals surface area contributed by atoms with Crippen LogP contribution in [0.3, 0.4) is 0 Å². The molecule has 98 valence electrons. The lowest BCUT2D eigenvalue weighted by Crippen LogP contribution is -2.22. The average molecular weight is 262 g/mol. The molecule has 2 rings (SSSR count). The Bertz CT molecular complexity index is 695. The number of nitro benzene ring substituents is 1. The van der Waals surface area contributed by atoms with Gasteiger partial charge >= 0.3 is 0 Å². The van der Waals surface area contributed by atoms with Crippen molar-refractivity contribution in [1.82, 2.24) is 4.57 Å². The molecule has 0 saturated carbocycles. The lowest BCUT2D eigenvalue weighted by Gasteiger charge is -2.07. The van der Waals surface area contributed by atoms with Crippen molar-refractivity contribution < 1.29 is 9.31 Å². The predicted molar refractivity (Wildman–Crippen MR) is 67.6 cm³/mol. The van der Waals surface area contributed by atoms with E-state index in [2.05, 4.69) is 0 Å². The Morgan fingerprint density at radius 3 is 2.79 bits per heavy atom. The third kappa shape index (κ3) is 2.67. The first kappa shape index (κ1) is 12.9. The Labute approximate surface area is 108 Å². The van der Waals surface area contributed by atoms with E-state index in [1.54, 1.807) is 19.1 Å². The van der Waals surface area contributed by atoms with Gasteiger partial charge in [0.15, 0.2) is 0 Å². The van der Waals surface area contributed by atoms with Crippen LogP contribution in [0.2, 0.25) is 0 Å². The Kier molecular flexibility index (Phi) is 3.41. The second-order valence-electron chi connectivity index (χ2n) is 4.15. The largest absolute Gasteiger partial charge is 0.311 e. The average Bonchev–Trinajstić information content (AvgIpc) is 2.35. The van der Waals surface area contributed by atoms with Gasteiger partial charge in [-0.25, -0.2) is 4.39 Å². The number of pyridine rings is 1. The Balaban J connectivity index is 2.48. The van der Waals surface area contributed by atoms with Crippen molar-refractivity contribution in [2.75, 3.05) is 0 Å². The molecule has 5 nitrogen and oxygen atoms in total. The first-order valence-corrected chi connectivity index (χ1v) is 5.58. The highest BCUT2D eigenvalue weighted by Gasteiger charge is 2.15. The summed E-state index contributed by atoms with van der Waals surface area (Å²) in [6.07, 6.45) is 1.52. The molecule has 6 heteroatoms. The topological polar surface area (TPSA) is 65.1 Å². The van der Waals surface area contributed by atoms with E-state index < -0.39 is 10.7 Å². The van der Waals surface area contributed by atoms with Gasteiger partial charge in [0.25, 0.3) is 11.2 Å². The molecule has 0 bridgehead atoms. The SMILES string of the molecule is Cc1cccn(Cc2cc(F)ccc2[N+](=O)[O-])c1=O. The molecule has 0 aliphatic carbocycles. The van der Waals surface area contributed by atoms with Gasteiger partial charge in [0, 0.05) is 17.8 Å². The maximum absolute atomic E-state index is 13.2. The van der Waals surface area contributed by atoms with Crippen LogP contribution < -0.4 is 5.56 Å². The van der Waals surface area contributed by atoms with Crippen LogP contribution in [0, 0.1) is 22.9 Å². The quantitative estimate of drug-likeness (QED) is 0.629. The molecule has 19 heavy (non-hydrogen) atoms. The third-order valence-corrected chi connectivity index (χ3v) is 2.79. The maximum Gasteiger partial charge on any atom is 0.274 e. The molecule has 0 amide bonds. The standard InChI is InChI=1S/C13H11FN2O3/c1-9-3-2-6-15(13(9)17)8-10-7-11(14)4-5-12(10)16(18)19/h2-7H,8H2,1H3. The zero-order valence-corrected chi connectivity index (χ0v) is 10.2. The van der Waals surface area contributed by atoms with Gasteiger partial charge in [0.05, 0.1) is 17.0 Å². The van der Waals surface area contributed by atoms with Crippen LogP contribution in [-0.4, -0.2) is 9.49 Å². The molecule has 1 aromatic carbocycles. The predicted octanol–water partition coefficient (Wildman–Crippen LogP) is 2.25. The van der Waals surface area contributed by atoms with E-state index in [1.165, 1.54) is 10.8 Å². The summed E-state index contributed by atoms with van der Waals surface area (Å²) in [5.41, 5.74) is 0.245. The molecule has 0 unspecified atom stereocenters. The summed E-state index contributed by atoms with van der Waals surface area (Å²) in [7, 11) is 0. The van der Waals surface area contributed by atoms with Gasteiger partial charge < -0.3 is 4.57 Å². The zero-order valence-electron chi connectivity index (χ0n) is 10.2. The van der Waals surface area contributed by atoms with Crippen molar-refractivity contribution in [2.45, 2.75) is 13.5 Å². The molecule has 1 aromatic heterocycles. The van der Waals surface area contributed by atoms with E-state index in [-0.39, 0.29) is 23.4 Å². The molecule has 2 aromatic rings. The number of nitrogens with zero attached hydrogens (tertiary/aromatic N) is 2. The van der Waals surface area contributed by atoms with Crippen molar-refractivity contribution in [2.24, 2.45) is 0 Å². The van der Waals surface area contributed by atoms with E-state index >= 15 is 0 Å². The van der Waals surface area contributed by atoms with Gasteiger partial charge in [0.2, 0.25) is 0 Å². The molecule has 0 aliphatic rings. The normalized spacial score (nSPS) is 10.4. The van der Waals surface area contributed by atoms with Crippen LogP contribution in [0.4, 0.5) is 10.1 Å². The molecule has 1 heterocycles. The van der Waals surface area contributed by atoms with Crippen molar-refractivity contribution in [1.29, 1.82) is 0 Å². The van der Waals surface area contributed by atoms with Gasteiger partial charge in [-0.2, -0.15) is 0 Å². The van der Waals surface area contributed by atoms with Crippen molar-refractivity contribution in [3.8, 4) is 0 Å². The van der Waals surface area contributed by atoms with Gasteiger partial charge in [-0.15, -0.1) is 0 Å².